The van der Waals surface area contributed by atoms with Gasteiger partial charge in [0.1, 0.15) is 11.5 Å². The number of carbonyl (C=O) groups is 4. The molecular weight excluding hydrogens is 541 g/mol. The summed E-state index contributed by atoms with van der Waals surface area (Å²) in [5, 5.41) is 10.2. The molecule has 1 aromatic heterocycles. The summed E-state index contributed by atoms with van der Waals surface area (Å²) in [5.74, 6) is -2.41. The molecule has 2 saturated heterocycles. The molecule has 4 amide bonds. The van der Waals surface area contributed by atoms with Gasteiger partial charge in [-0.1, -0.05) is 12.6 Å². The van der Waals surface area contributed by atoms with Crippen LogP contribution in [0, 0.1) is 5.41 Å². The van der Waals surface area contributed by atoms with Crippen LogP contribution in [0.4, 0.5) is 18.9 Å². The van der Waals surface area contributed by atoms with Gasteiger partial charge in [0.15, 0.2) is 0 Å². The monoisotopic (exact) mass is 572 g/mol. The first-order chi connectivity index (χ1) is 19.3. The summed E-state index contributed by atoms with van der Waals surface area (Å²) in [7, 11) is 0. The van der Waals surface area contributed by atoms with Crippen molar-refractivity contribution in [2.75, 3.05) is 18.4 Å². The molecular formula is C28H31F3N6O4. The summed E-state index contributed by atoms with van der Waals surface area (Å²) in [4.78, 5) is 53.7. The zero-order valence-corrected chi connectivity index (χ0v) is 22.8. The van der Waals surface area contributed by atoms with Gasteiger partial charge < -0.3 is 15.5 Å². The van der Waals surface area contributed by atoms with Crippen molar-refractivity contribution in [1.29, 1.82) is 0 Å². The molecule has 2 fully saturated rings. The van der Waals surface area contributed by atoms with Crippen LogP contribution in [0.5, 0.6) is 0 Å². The lowest BCUT2D eigenvalue weighted by molar-refractivity contribution is -0.217. The number of hydrogen-bond donors (Lipinski definition) is 2. The Hall–Kier alpha value is -4.16. The molecule has 0 spiro atoms. The first-order valence-electron chi connectivity index (χ1n) is 13.4. The van der Waals surface area contributed by atoms with Crippen LogP contribution in [0.15, 0.2) is 42.9 Å². The van der Waals surface area contributed by atoms with Crippen molar-refractivity contribution >= 4 is 29.3 Å². The third-order valence-electron chi connectivity index (χ3n) is 8.09. The number of halogens is 3. The van der Waals surface area contributed by atoms with Crippen molar-refractivity contribution < 1.29 is 32.3 Å². The van der Waals surface area contributed by atoms with Gasteiger partial charge in [-0.3, -0.25) is 28.8 Å². The zero-order valence-electron chi connectivity index (χ0n) is 22.8. The maximum absolute atomic E-state index is 13.3. The first-order valence-corrected chi connectivity index (χ1v) is 13.4. The highest BCUT2D eigenvalue weighted by atomic mass is 19.4. The van der Waals surface area contributed by atoms with Gasteiger partial charge in [-0.05, 0) is 51.7 Å². The van der Waals surface area contributed by atoms with Gasteiger partial charge in [0.2, 0.25) is 11.8 Å². The molecule has 3 aliphatic rings. The van der Waals surface area contributed by atoms with Crippen LogP contribution in [0.1, 0.15) is 71.9 Å². The van der Waals surface area contributed by atoms with Gasteiger partial charge in [0.05, 0.1) is 23.4 Å². The van der Waals surface area contributed by atoms with Gasteiger partial charge in [0.25, 0.3) is 11.8 Å². The number of aromatic nitrogens is 2. The number of allylic oxidation sites excluding steroid dienone is 1. The molecule has 1 atom stereocenters. The largest absolute Gasteiger partial charge is 0.402 e. The lowest BCUT2D eigenvalue weighted by Gasteiger charge is -2.37. The van der Waals surface area contributed by atoms with Crippen molar-refractivity contribution in [3.63, 3.8) is 0 Å². The summed E-state index contributed by atoms with van der Waals surface area (Å²) in [6.45, 7) is 6.24. The highest BCUT2D eigenvalue weighted by Gasteiger charge is 2.54. The maximum Gasteiger partial charge on any atom is 0.402 e. The Morgan fingerprint density at radius 2 is 1.83 bits per heavy atom. The van der Waals surface area contributed by atoms with Crippen molar-refractivity contribution in [2.45, 2.75) is 64.3 Å². The van der Waals surface area contributed by atoms with Gasteiger partial charge in [-0.2, -0.15) is 18.3 Å². The second kappa shape index (κ2) is 10.3. The number of piperidine rings is 2. The number of hydrogen-bond acceptors (Lipinski definition) is 6. The second-order valence-electron chi connectivity index (χ2n) is 11.2. The molecule has 4 heterocycles. The minimum absolute atomic E-state index is 0.0757. The normalized spacial score (nSPS) is 20.4. The molecule has 2 N–H and O–H groups in total. The highest BCUT2D eigenvalue weighted by Crippen LogP contribution is 2.40. The van der Waals surface area contributed by atoms with Crippen LogP contribution in [0.3, 0.4) is 0 Å². The number of anilines is 1. The van der Waals surface area contributed by atoms with E-state index in [1.807, 2.05) is 6.20 Å². The van der Waals surface area contributed by atoms with E-state index in [0.29, 0.717) is 43.6 Å². The highest BCUT2D eigenvalue weighted by molar-refractivity contribution is 6.25. The third-order valence-corrected chi connectivity index (χ3v) is 8.09. The van der Waals surface area contributed by atoms with E-state index in [1.165, 1.54) is 4.90 Å². The van der Waals surface area contributed by atoms with E-state index in [2.05, 4.69) is 22.3 Å². The minimum atomic E-state index is -4.63. The molecule has 0 bridgehead atoms. The average molecular weight is 573 g/mol. The van der Waals surface area contributed by atoms with E-state index in [9.17, 15) is 32.3 Å². The average Bonchev–Trinajstić information content (AvgIpc) is 3.50. The molecule has 5 rings (SSSR count). The lowest BCUT2D eigenvalue weighted by Crippen LogP contribution is -2.51. The molecule has 0 radical (unpaired) electrons. The molecule has 0 saturated carbocycles. The predicted octanol–water partition coefficient (Wildman–Crippen LogP) is 3.64. The fourth-order valence-electron chi connectivity index (χ4n) is 5.46. The van der Waals surface area contributed by atoms with Crippen LogP contribution < -0.4 is 10.6 Å². The Bertz CT molecular complexity index is 1420. The van der Waals surface area contributed by atoms with E-state index < -0.39 is 41.3 Å². The number of imide groups is 1. The molecule has 10 nitrogen and oxygen atoms in total. The summed E-state index contributed by atoms with van der Waals surface area (Å²) >= 11 is 0. The Labute approximate surface area is 234 Å². The van der Waals surface area contributed by atoms with Crippen LogP contribution in [0.2, 0.25) is 0 Å². The van der Waals surface area contributed by atoms with Crippen LogP contribution in [-0.2, 0) is 16.1 Å². The Kier molecular flexibility index (Phi) is 7.16. The standard InChI is InChI=1S/C28H31F3N6O4/c1-16-7-8-21(23(38)34-16)37-24(39)19-5-4-6-20(22(19)25(37)40)32-13-17-14-33-36(15-17)18-9-11-35(12-10-18)26(41)27(2,3)28(29,30)31/h4-6,14-15,18,21,32H,1,7-13H2,2-3H3,(H,34,38). The Morgan fingerprint density at radius 3 is 2.49 bits per heavy atom. The van der Waals surface area contributed by atoms with E-state index >= 15 is 0 Å². The van der Waals surface area contributed by atoms with Crippen molar-refractivity contribution in [3.05, 3.63) is 59.6 Å². The van der Waals surface area contributed by atoms with Gasteiger partial charge in [0, 0.05) is 42.8 Å². The number of fused-ring (bicyclic) bond motifs is 1. The maximum atomic E-state index is 13.3. The SMILES string of the molecule is C=C1CCC(N2C(=O)c3cccc(NCc4cnn(C5CCN(C(=O)C(C)(C)C(F)(F)F)CC5)c4)c3C2=O)C(=O)N1. The van der Waals surface area contributed by atoms with Gasteiger partial charge >= 0.3 is 6.18 Å². The fourth-order valence-corrected chi connectivity index (χ4v) is 5.46. The number of nitrogens with one attached hydrogen (secondary N) is 2. The fraction of sp³-hybridized carbons (Fsp3) is 0.464. The summed E-state index contributed by atoms with van der Waals surface area (Å²) in [6, 6.07) is 3.94. The van der Waals surface area contributed by atoms with E-state index in [0.717, 1.165) is 24.3 Å². The summed E-state index contributed by atoms with van der Waals surface area (Å²) < 4.78 is 41.6. The van der Waals surface area contributed by atoms with Crippen molar-refractivity contribution in [3.8, 4) is 0 Å². The number of likely N-dealkylation sites (tertiary alicyclic amines) is 1. The number of benzene rings is 1. The lowest BCUT2D eigenvalue weighted by atomic mass is 9.89. The van der Waals surface area contributed by atoms with E-state index in [4.69, 9.17) is 0 Å². The molecule has 41 heavy (non-hydrogen) atoms. The predicted molar refractivity (Wildman–Crippen MR) is 141 cm³/mol. The third kappa shape index (κ3) is 5.08. The second-order valence-corrected chi connectivity index (χ2v) is 11.2. The molecule has 0 aliphatic carbocycles. The van der Waals surface area contributed by atoms with Crippen LogP contribution in [0.25, 0.3) is 0 Å². The van der Waals surface area contributed by atoms with Gasteiger partial charge in [-0.15, -0.1) is 0 Å². The summed E-state index contributed by atoms with van der Waals surface area (Å²) in [5.41, 5.74) is -0.212. The first kappa shape index (κ1) is 28.4. The van der Waals surface area contributed by atoms with Crippen molar-refractivity contribution in [2.24, 2.45) is 5.41 Å². The van der Waals surface area contributed by atoms with Crippen LogP contribution in [-0.4, -0.2) is 68.5 Å². The number of nitrogens with zero attached hydrogens (tertiary/aromatic N) is 4. The number of carbonyl (C=O) groups excluding carboxylic acids is 4. The number of amides is 4. The molecule has 1 unspecified atom stereocenters. The summed E-state index contributed by atoms with van der Waals surface area (Å²) in [6.07, 6.45) is 0.560. The topological polar surface area (TPSA) is 117 Å². The van der Waals surface area contributed by atoms with E-state index in [1.54, 1.807) is 29.1 Å². The molecule has 218 valence electrons. The van der Waals surface area contributed by atoms with Gasteiger partial charge in [-0.25, -0.2) is 0 Å². The number of rotatable bonds is 6. The quantitative estimate of drug-likeness (QED) is 0.511. The van der Waals surface area contributed by atoms with E-state index in [-0.39, 0.29) is 30.3 Å². The molecule has 1 aromatic carbocycles. The molecule has 2 aromatic rings. The smallest absolute Gasteiger partial charge is 0.380 e. The molecule has 3 aliphatic heterocycles. The van der Waals surface area contributed by atoms with Crippen molar-refractivity contribution in [1.82, 2.24) is 24.9 Å². The number of alkyl halides is 3. The van der Waals surface area contributed by atoms with Crippen LogP contribution >= 0.6 is 0 Å². The Morgan fingerprint density at radius 1 is 1.12 bits per heavy atom. The molecule has 13 heteroatoms. The zero-order chi connectivity index (χ0) is 29.7. The minimum Gasteiger partial charge on any atom is -0.380 e. The Balaban J connectivity index is 1.22.